The van der Waals surface area contributed by atoms with E-state index in [4.69, 9.17) is 9.47 Å². The van der Waals surface area contributed by atoms with Crippen LogP contribution in [-0.4, -0.2) is 67.2 Å². The smallest absolute Gasteiger partial charge is 0.410 e. The molecule has 1 aliphatic heterocycles. The van der Waals surface area contributed by atoms with Crippen LogP contribution in [0.15, 0.2) is 61.2 Å². The predicted octanol–water partition coefficient (Wildman–Crippen LogP) is 4.61. The molecule has 0 aromatic heterocycles. The van der Waals surface area contributed by atoms with Gasteiger partial charge in [-0.15, -0.1) is 0 Å². The predicted molar refractivity (Wildman–Crippen MR) is 137 cm³/mol. The number of esters is 1. The summed E-state index contributed by atoms with van der Waals surface area (Å²) in [7, 11) is 1.51. The van der Waals surface area contributed by atoms with E-state index in [0.717, 1.165) is 35.1 Å². The highest BCUT2D eigenvalue weighted by Crippen LogP contribution is 2.44. The summed E-state index contributed by atoms with van der Waals surface area (Å²) in [5, 5.41) is 0. The van der Waals surface area contributed by atoms with Crippen molar-refractivity contribution in [2.45, 2.75) is 38.1 Å². The number of nitrogens with zero attached hydrogens (tertiary/aromatic N) is 2. The number of piperidine rings is 1. The summed E-state index contributed by atoms with van der Waals surface area (Å²) in [6.07, 6.45) is 2.38. The summed E-state index contributed by atoms with van der Waals surface area (Å²) in [6.45, 7) is 7.12. The number of hydrogen-bond donors (Lipinski definition) is 0. The average molecular weight is 491 g/mol. The van der Waals surface area contributed by atoms with Crippen molar-refractivity contribution in [2.24, 2.45) is 5.92 Å². The Labute approximate surface area is 212 Å². The summed E-state index contributed by atoms with van der Waals surface area (Å²) in [5.41, 5.74) is 4.49. The maximum absolute atomic E-state index is 13.4. The first-order valence-corrected chi connectivity index (χ1v) is 12.5. The molecule has 2 aromatic carbocycles. The maximum Gasteiger partial charge on any atom is 0.410 e. The van der Waals surface area contributed by atoms with Gasteiger partial charge in [-0.25, -0.2) is 4.79 Å². The first-order valence-electron chi connectivity index (χ1n) is 12.5. The van der Waals surface area contributed by atoms with Gasteiger partial charge < -0.3 is 14.4 Å². The van der Waals surface area contributed by atoms with Crippen molar-refractivity contribution in [1.82, 2.24) is 9.80 Å². The fourth-order valence-corrected chi connectivity index (χ4v) is 5.02. The van der Waals surface area contributed by atoms with Crippen LogP contribution < -0.4 is 0 Å². The Bertz CT molecular complexity index is 1080. The SMILES string of the molecule is C=CCOC(=O)C[C@@H](C(=O)N1CCC(C)CC1)N(C)C(=O)OCC1c2ccccc2-c2ccccc21. The van der Waals surface area contributed by atoms with E-state index < -0.39 is 18.1 Å². The van der Waals surface area contributed by atoms with Gasteiger partial charge in [-0.3, -0.25) is 14.5 Å². The van der Waals surface area contributed by atoms with Crippen molar-refractivity contribution in [3.05, 3.63) is 72.3 Å². The van der Waals surface area contributed by atoms with Gasteiger partial charge in [-0.2, -0.15) is 0 Å². The third kappa shape index (κ3) is 5.45. The van der Waals surface area contributed by atoms with E-state index in [2.05, 4.69) is 37.8 Å². The Morgan fingerprint density at radius 1 is 1.03 bits per heavy atom. The van der Waals surface area contributed by atoms with Crippen LogP contribution in [-0.2, 0) is 19.1 Å². The molecule has 2 amide bonds. The molecule has 1 atom stereocenters. The number of likely N-dealkylation sites (tertiary alicyclic amines) is 1. The molecule has 2 aliphatic rings. The highest BCUT2D eigenvalue weighted by atomic mass is 16.6. The molecule has 4 rings (SSSR count). The summed E-state index contributed by atoms with van der Waals surface area (Å²) in [5.74, 6) is -0.361. The zero-order valence-corrected chi connectivity index (χ0v) is 21.0. The van der Waals surface area contributed by atoms with Crippen molar-refractivity contribution >= 4 is 18.0 Å². The highest BCUT2D eigenvalue weighted by Gasteiger charge is 2.36. The first kappa shape index (κ1) is 25.5. The van der Waals surface area contributed by atoms with Gasteiger partial charge in [0.15, 0.2) is 0 Å². The minimum atomic E-state index is -0.994. The van der Waals surface area contributed by atoms with Gasteiger partial charge >= 0.3 is 12.1 Å². The normalized spacial score (nSPS) is 16.0. The average Bonchev–Trinajstić information content (AvgIpc) is 3.22. The largest absolute Gasteiger partial charge is 0.461 e. The second-order valence-corrected chi connectivity index (χ2v) is 9.61. The molecular weight excluding hydrogens is 456 g/mol. The summed E-state index contributed by atoms with van der Waals surface area (Å²) in [4.78, 5) is 41.9. The summed E-state index contributed by atoms with van der Waals surface area (Å²) >= 11 is 0. The Hall–Kier alpha value is -3.61. The van der Waals surface area contributed by atoms with Crippen molar-refractivity contribution in [1.29, 1.82) is 0 Å². The van der Waals surface area contributed by atoms with E-state index in [-0.39, 0.29) is 31.5 Å². The monoisotopic (exact) mass is 490 g/mol. The Morgan fingerprint density at radius 2 is 1.61 bits per heavy atom. The molecule has 7 heteroatoms. The molecule has 0 bridgehead atoms. The topological polar surface area (TPSA) is 76.2 Å². The number of hydrogen-bond acceptors (Lipinski definition) is 5. The molecule has 7 nitrogen and oxygen atoms in total. The maximum atomic E-state index is 13.4. The molecule has 2 aromatic rings. The van der Waals surface area contributed by atoms with E-state index in [1.807, 2.05) is 24.3 Å². The van der Waals surface area contributed by atoms with E-state index in [9.17, 15) is 14.4 Å². The zero-order valence-electron chi connectivity index (χ0n) is 21.0. The fraction of sp³-hybridized carbons (Fsp3) is 0.414. The van der Waals surface area contributed by atoms with Crippen LogP contribution in [0, 0.1) is 5.92 Å². The number of carbonyl (C=O) groups is 3. The quantitative estimate of drug-likeness (QED) is 0.399. The standard InChI is InChI=1S/C29H34N2O5/c1-4-17-35-27(32)18-26(28(33)31-15-13-20(2)14-16-31)30(3)29(34)36-19-25-23-11-7-5-9-21(23)22-10-6-8-12-24(22)25/h4-12,20,25-26H,1,13-19H2,2-3H3/t26-/m0/s1. The van der Waals surface area contributed by atoms with Crippen molar-refractivity contribution in [2.75, 3.05) is 33.4 Å². The first-order chi connectivity index (χ1) is 17.4. The molecular formula is C29H34N2O5. The molecule has 0 radical (unpaired) electrons. The summed E-state index contributed by atoms with van der Waals surface area (Å²) < 4.78 is 10.9. The van der Waals surface area contributed by atoms with Crippen molar-refractivity contribution in [3.8, 4) is 11.1 Å². The van der Waals surface area contributed by atoms with Crippen LogP contribution >= 0.6 is 0 Å². The van der Waals surface area contributed by atoms with E-state index in [1.165, 1.54) is 18.0 Å². The third-order valence-corrected chi connectivity index (χ3v) is 7.19. The van der Waals surface area contributed by atoms with Crippen LogP contribution in [0.5, 0.6) is 0 Å². The molecule has 0 saturated carbocycles. The summed E-state index contributed by atoms with van der Waals surface area (Å²) in [6, 6.07) is 15.2. The Kier molecular flexibility index (Phi) is 8.08. The molecule has 0 N–H and O–H groups in total. The van der Waals surface area contributed by atoms with Gasteiger partial charge in [-0.1, -0.05) is 68.1 Å². The zero-order chi connectivity index (χ0) is 25.7. The number of fused-ring (bicyclic) bond motifs is 3. The van der Waals surface area contributed by atoms with Crippen LogP contribution in [0.3, 0.4) is 0 Å². The second-order valence-electron chi connectivity index (χ2n) is 9.61. The van der Waals surface area contributed by atoms with Gasteiger partial charge in [0.1, 0.15) is 19.3 Å². The molecule has 0 spiro atoms. The lowest BCUT2D eigenvalue weighted by Gasteiger charge is -2.35. The molecule has 190 valence electrons. The van der Waals surface area contributed by atoms with Gasteiger partial charge in [0.25, 0.3) is 0 Å². The van der Waals surface area contributed by atoms with Gasteiger partial charge in [-0.05, 0) is 41.0 Å². The number of benzene rings is 2. The molecule has 1 aliphatic carbocycles. The van der Waals surface area contributed by atoms with Gasteiger partial charge in [0.2, 0.25) is 5.91 Å². The minimum absolute atomic E-state index is 0.0512. The van der Waals surface area contributed by atoms with Crippen molar-refractivity contribution in [3.63, 3.8) is 0 Å². The molecule has 1 saturated heterocycles. The molecule has 1 fully saturated rings. The van der Waals surface area contributed by atoms with Gasteiger partial charge in [0, 0.05) is 26.1 Å². The van der Waals surface area contributed by atoms with E-state index >= 15 is 0 Å². The number of amides is 2. The number of rotatable bonds is 8. The van der Waals surface area contributed by atoms with Crippen LogP contribution in [0.25, 0.3) is 11.1 Å². The second kappa shape index (κ2) is 11.4. The van der Waals surface area contributed by atoms with Gasteiger partial charge in [0.05, 0.1) is 6.42 Å². The third-order valence-electron chi connectivity index (χ3n) is 7.19. The Balaban J connectivity index is 1.47. The lowest BCUT2D eigenvalue weighted by molar-refractivity contribution is -0.148. The van der Waals surface area contributed by atoms with Crippen molar-refractivity contribution < 1.29 is 23.9 Å². The van der Waals surface area contributed by atoms with Crippen LogP contribution in [0.4, 0.5) is 4.79 Å². The van der Waals surface area contributed by atoms with Crippen LogP contribution in [0.1, 0.15) is 43.2 Å². The minimum Gasteiger partial charge on any atom is -0.461 e. The number of carbonyl (C=O) groups excluding carboxylic acids is 3. The Morgan fingerprint density at radius 3 is 2.19 bits per heavy atom. The fourth-order valence-electron chi connectivity index (χ4n) is 5.02. The van der Waals surface area contributed by atoms with E-state index in [0.29, 0.717) is 19.0 Å². The van der Waals surface area contributed by atoms with Crippen LogP contribution in [0.2, 0.25) is 0 Å². The molecule has 36 heavy (non-hydrogen) atoms. The molecule has 0 unspecified atom stereocenters. The highest BCUT2D eigenvalue weighted by molar-refractivity contribution is 5.89. The number of ether oxygens (including phenoxy) is 2. The lowest BCUT2D eigenvalue weighted by Crippen LogP contribution is -2.52. The van der Waals surface area contributed by atoms with E-state index in [1.54, 1.807) is 4.90 Å². The number of likely N-dealkylation sites (N-methyl/N-ethyl adjacent to an activating group) is 1. The molecule has 1 heterocycles. The lowest BCUT2D eigenvalue weighted by atomic mass is 9.98.